The van der Waals surface area contributed by atoms with Crippen LogP contribution < -0.4 is 20.4 Å². The Morgan fingerprint density at radius 2 is 1.72 bits per heavy atom. The maximum absolute atomic E-state index is 16.2. The number of piperazine rings is 1. The van der Waals surface area contributed by atoms with E-state index in [0.717, 1.165) is 37.6 Å². The van der Waals surface area contributed by atoms with Gasteiger partial charge < -0.3 is 24.4 Å². The Hall–Kier alpha value is -3.97. The van der Waals surface area contributed by atoms with E-state index in [2.05, 4.69) is 10.2 Å². The van der Waals surface area contributed by atoms with E-state index in [0.29, 0.717) is 35.1 Å². The summed E-state index contributed by atoms with van der Waals surface area (Å²) in [7, 11) is -3.73. The van der Waals surface area contributed by atoms with Crippen molar-refractivity contribution in [1.82, 2.24) is 19.1 Å². The summed E-state index contributed by atoms with van der Waals surface area (Å²) in [6.07, 6.45) is 3.74. The molecule has 0 bridgehead atoms. The topological polar surface area (TPSA) is 104 Å². The lowest BCUT2D eigenvalue weighted by Gasteiger charge is -2.37. The monoisotopic (exact) mass is 665 g/mol. The number of rotatable bonds is 7. The van der Waals surface area contributed by atoms with Crippen LogP contribution >= 0.6 is 11.6 Å². The number of fused-ring (bicyclic) bond motifs is 2. The zero-order valence-electron chi connectivity index (χ0n) is 25.3. The molecule has 1 N–H and O–H groups in total. The molecule has 1 aromatic heterocycles. The number of aromatic nitrogens is 1. The standard InChI is InChI=1S/C33H33ClFN5O5S/c1-21-4-7-23(8-5-21)46(43,44)39-16-14-38(15-17-39)30-26(35)19-24-29-32(30)45-28-18-22(34)6-9-27(28)40(29)20-25(31(24)41)33(42)36-10-13-37-11-2-3-12-37/h4-9,18-20H,2-3,10-17H2,1H3,(H,36,42). The maximum Gasteiger partial charge on any atom is 0.256 e. The number of hydrogen-bond donors (Lipinski definition) is 1. The first-order chi connectivity index (χ1) is 22.1. The van der Waals surface area contributed by atoms with Crippen LogP contribution in [0.5, 0.6) is 11.5 Å². The lowest BCUT2D eigenvalue weighted by atomic mass is 10.0. The molecule has 2 fully saturated rings. The van der Waals surface area contributed by atoms with Gasteiger partial charge in [-0.2, -0.15) is 4.31 Å². The molecule has 3 aliphatic heterocycles. The molecule has 0 unspecified atom stereocenters. The predicted octanol–water partition coefficient (Wildman–Crippen LogP) is 4.53. The molecule has 1 amide bonds. The molecule has 3 aliphatic rings. The van der Waals surface area contributed by atoms with E-state index in [1.54, 1.807) is 51.9 Å². The van der Waals surface area contributed by atoms with Crippen molar-refractivity contribution in [1.29, 1.82) is 0 Å². The highest BCUT2D eigenvalue weighted by molar-refractivity contribution is 7.89. The third kappa shape index (κ3) is 5.42. The van der Waals surface area contributed by atoms with Crippen LogP contribution in [0.2, 0.25) is 5.02 Å². The van der Waals surface area contributed by atoms with E-state index < -0.39 is 27.2 Å². The first kappa shape index (κ1) is 30.7. The normalized spacial score (nSPS) is 16.8. The number of sulfonamides is 1. The van der Waals surface area contributed by atoms with Crippen molar-refractivity contribution in [3.8, 4) is 17.2 Å². The van der Waals surface area contributed by atoms with Crippen molar-refractivity contribution in [2.45, 2.75) is 24.7 Å². The molecule has 4 heterocycles. The van der Waals surface area contributed by atoms with Crippen molar-refractivity contribution < 1.29 is 22.3 Å². The molecular weight excluding hydrogens is 633 g/mol. The number of carbonyl (C=O) groups excluding carboxylic acids is 1. The molecule has 3 aromatic carbocycles. The van der Waals surface area contributed by atoms with Crippen LogP contribution in [-0.4, -0.2) is 80.5 Å². The molecule has 0 saturated carbocycles. The van der Waals surface area contributed by atoms with Crippen molar-refractivity contribution in [3.63, 3.8) is 0 Å². The number of amides is 1. The summed E-state index contributed by atoms with van der Waals surface area (Å²) in [5, 5.41) is 3.25. The number of hydrogen-bond acceptors (Lipinski definition) is 7. The summed E-state index contributed by atoms with van der Waals surface area (Å²) in [4.78, 5) is 31.2. The van der Waals surface area contributed by atoms with Crippen LogP contribution in [0.25, 0.3) is 16.6 Å². The highest BCUT2D eigenvalue weighted by Gasteiger charge is 2.34. The number of anilines is 1. The summed E-state index contributed by atoms with van der Waals surface area (Å²) in [6.45, 7) is 5.56. The van der Waals surface area contributed by atoms with Crippen molar-refractivity contribution in [3.05, 3.63) is 86.9 Å². The molecule has 4 aromatic rings. The van der Waals surface area contributed by atoms with E-state index in [1.807, 2.05) is 6.92 Å². The van der Waals surface area contributed by atoms with Gasteiger partial charge in [0.1, 0.15) is 16.8 Å². The van der Waals surface area contributed by atoms with Crippen LogP contribution in [0.1, 0.15) is 28.8 Å². The van der Waals surface area contributed by atoms with Gasteiger partial charge in [0, 0.05) is 56.6 Å². The number of pyridine rings is 1. The first-order valence-electron chi connectivity index (χ1n) is 15.3. The smallest absolute Gasteiger partial charge is 0.256 e. The molecule has 0 radical (unpaired) electrons. The minimum atomic E-state index is -3.73. The Morgan fingerprint density at radius 3 is 2.43 bits per heavy atom. The molecular formula is C33H33ClFN5O5S. The van der Waals surface area contributed by atoms with Gasteiger partial charge in [-0.15, -0.1) is 0 Å². The van der Waals surface area contributed by atoms with Crippen LogP contribution in [0, 0.1) is 12.7 Å². The Kier molecular flexibility index (Phi) is 8.00. The Balaban J connectivity index is 1.24. The molecule has 240 valence electrons. The molecule has 7 rings (SSSR count). The Morgan fingerprint density at radius 1 is 1.00 bits per heavy atom. The van der Waals surface area contributed by atoms with Crippen molar-refractivity contribution >= 4 is 44.1 Å². The van der Waals surface area contributed by atoms with Crippen LogP contribution in [0.15, 0.2) is 64.4 Å². The summed E-state index contributed by atoms with van der Waals surface area (Å²) in [5.74, 6) is -0.803. The van der Waals surface area contributed by atoms with Gasteiger partial charge in [-0.1, -0.05) is 29.3 Å². The number of likely N-dealkylation sites (tertiary alicyclic amines) is 1. The summed E-state index contributed by atoms with van der Waals surface area (Å²) < 4.78 is 52.1. The zero-order valence-corrected chi connectivity index (χ0v) is 26.8. The molecule has 10 nitrogen and oxygen atoms in total. The van der Waals surface area contributed by atoms with Gasteiger partial charge >= 0.3 is 0 Å². The maximum atomic E-state index is 16.2. The van der Waals surface area contributed by atoms with Crippen molar-refractivity contribution in [2.24, 2.45) is 0 Å². The lowest BCUT2D eigenvalue weighted by molar-refractivity contribution is 0.0948. The predicted molar refractivity (Wildman–Crippen MR) is 175 cm³/mol. The van der Waals surface area contributed by atoms with E-state index in [-0.39, 0.29) is 53.5 Å². The molecule has 0 atom stereocenters. The van der Waals surface area contributed by atoms with Gasteiger partial charge in [0.15, 0.2) is 17.3 Å². The van der Waals surface area contributed by atoms with E-state index >= 15 is 4.39 Å². The van der Waals surface area contributed by atoms with E-state index in [1.165, 1.54) is 10.5 Å². The van der Waals surface area contributed by atoms with Gasteiger partial charge in [0.05, 0.1) is 16.0 Å². The van der Waals surface area contributed by atoms with E-state index in [4.69, 9.17) is 16.3 Å². The lowest BCUT2D eigenvalue weighted by Crippen LogP contribution is -2.49. The Labute approximate surface area is 271 Å². The van der Waals surface area contributed by atoms with Gasteiger partial charge in [0.25, 0.3) is 5.91 Å². The molecule has 0 aliphatic carbocycles. The number of carbonyl (C=O) groups is 1. The average molecular weight is 666 g/mol. The molecule has 0 spiro atoms. The number of ether oxygens (including phenoxy) is 1. The number of nitrogens with one attached hydrogen (secondary N) is 1. The second-order valence-electron chi connectivity index (χ2n) is 11.9. The SMILES string of the molecule is Cc1ccc(S(=O)(=O)N2CCN(c3c(F)cc4c(=O)c(C(=O)NCCN5CCCC5)cn5c4c3Oc3cc(Cl)ccc3-5)CC2)cc1. The number of benzene rings is 3. The molecule has 13 heteroatoms. The number of aryl methyl sites for hydroxylation is 1. The minimum absolute atomic E-state index is 0.00428. The molecule has 46 heavy (non-hydrogen) atoms. The number of nitrogens with zero attached hydrogens (tertiary/aromatic N) is 4. The Bertz CT molecular complexity index is 2020. The summed E-state index contributed by atoms with van der Waals surface area (Å²) in [5.41, 5.74) is 1.22. The highest BCUT2D eigenvalue weighted by Crippen LogP contribution is 2.47. The van der Waals surface area contributed by atoms with Gasteiger partial charge in [-0.05, 0) is 63.2 Å². The van der Waals surface area contributed by atoms with Crippen LogP contribution in [0.3, 0.4) is 0 Å². The third-order valence-corrected chi connectivity index (χ3v) is 11.1. The quantitative estimate of drug-likeness (QED) is 0.272. The fraction of sp³-hybridized carbons (Fsp3) is 0.333. The summed E-state index contributed by atoms with van der Waals surface area (Å²) in [6, 6.07) is 12.8. The van der Waals surface area contributed by atoms with Crippen molar-refractivity contribution in [2.75, 3.05) is 57.3 Å². The zero-order chi connectivity index (χ0) is 32.2. The minimum Gasteiger partial charge on any atom is -0.451 e. The van der Waals surface area contributed by atoms with E-state index in [9.17, 15) is 18.0 Å². The van der Waals surface area contributed by atoms with Gasteiger partial charge in [-0.25, -0.2) is 12.8 Å². The average Bonchev–Trinajstić information content (AvgIpc) is 3.56. The largest absolute Gasteiger partial charge is 0.451 e. The van der Waals surface area contributed by atoms with Gasteiger partial charge in [0.2, 0.25) is 15.5 Å². The third-order valence-electron chi connectivity index (χ3n) is 8.93. The molecule has 2 saturated heterocycles. The summed E-state index contributed by atoms with van der Waals surface area (Å²) >= 11 is 6.31. The second-order valence-corrected chi connectivity index (χ2v) is 14.3. The van der Waals surface area contributed by atoms with Gasteiger partial charge in [-0.3, -0.25) is 9.59 Å². The van der Waals surface area contributed by atoms with Crippen LogP contribution in [0.4, 0.5) is 10.1 Å². The highest BCUT2D eigenvalue weighted by atomic mass is 35.5. The fourth-order valence-corrected chi connectivity index (χ4v) is 8.06. The first-order valence-corrected chi connectivity index (χ1v) is 17.2. The number of halogens is 2. The second kappa shape index (κ2) is 12.0. The van der Waals surface area contributed by atoms with Crippen LogP contribution in [-0.2, 0) is 10.0 Å². The fourth-order valence-electron chi connectivity index (χ4n) is 6.48.